The Hall–Kier alpha value is -1.70. The third kappa shape index (κ3) is 5.93. The third-order valence-electron chi connectivity index (χ3n) is 4.70. The highest BCUT2D eigenvalue weighted by Crippen LogP contribution is 2.19. The Morgan fingerprint density at radius 2 is 2.12 bits per heavy atom. The minimum absolute atomic E-state index is 0.00148. The molecular weight excluding hydrogens is 339 g/mol. The number of morpholine rings is 1. The summed E-state index contributed by atoms with van der Waals surface area (Å²) >= 11 is 0. The molecule has 1 amide bonds. The SMILES string of the molecule is O=C(CCCN1CCOCC1)N[C@@H]1COCC[C@@H]1Oc1cccc(F)c1. The Bertz CT molecular complexity index is 580. The van der Waals surface area contributed by atoms with Crippen molar-refractivity contribution in [3.8, 4) is 5.75 Å². The lowest BCUT2D eigenvalue weighted by Crippen LogP contribution is -2.51. The summed E-state index contributed by atoms with van der Waals surface area (Å²) in [7, 11) is 0. The second-order valence-electron chi connectivity index (χ2n) is 6.71. The second-order valence-corrected chi connectivity index (χ2v) is 6.71. The number of rotatable bonds is 7. The summed E-state index contributed by atoms with van der Waals surface area (Å²) in [4.78, 5) is 14.6. The van der Waals surface area contributed by atoms with E-state index in [-0.39, 0.29) is 23.9 Å². The number of carbonyl (C=O) groups excluding carboxylic acids is 1. The van der Waals surface area contributed by atoms with E-state index in [1.807, 2.05) is 0 Å². The van der Waals surface area contributed by atoms with Gasteiger partial charge < -0.3 is 19.5 Å². The van der Waals surface area contributed by atoms with Gasteiger partial charge in [0.15, 0.2) is 0 Å². The molecular formula is C19H27FN2O4. The molecule has 6 nitrogen and oxygen atoms in total. The molecule has 0 bridgehead atoms. The van der Waals surface area contributed by atoms with E-state index in [0.29, 0.717) is 31.8 Å². The summed E-state index contributed by atoms with van der Waals surface area (Å²) in [5.74, 6) is 0.142. The fourth-order valence-corrected chi connectivity index (χ4v) is 3.28. The molecule has 0 aliphatic carbocycles. The molecule has 2 aliphatic rings. The van der Waals surface area contributed by atoms with E-state index < -0.39 is 0 Å². The van der Waals surface area contributed by atoms with Crippen LogP contribution in [0.2, 0.25) is 0 Å². The topological polar surface area (TPSA) is 60.0 Å². The van der Waals surface area contributed by atoms with E-state index in [0.717, 1.165) is 39.3 Å². The van der Waals surface area contributed by atoms with Gasteiger partial charge in [-0.05, 0) is 25.1 Å². The maximum Gasteiger partial charge on any atom is 0.220 e. The zero-order chi connectivity index (χ0) is 18.2. The van der Waals surface area contributed by atoms with Crippen LogP contribution in [0.1, 0.15) is 19.3 Å². The lowest BCUT2D eigenvalue weighted by atomic mass is 10.1. The van der Waals surface area contributed by atoms with E-state index in [1.54, 1.807) is 12.1 Å². The number of halogens is 1. The maximum atomic E-state index is 13.3. The van der Waals surface area contributed by atoms with Gasteiger partial charge in [-0.15, -0.1) is 0 Å². The van der Waals surface area contributed by atoms with Gasteiger partial charge in [-0.25, -0.2) is 4.39 Å². The molecule has 26 heavy (non-hydrogen) atoms. The number of nitrogens with zero attached hydrogens (tertiary/aromatic N) is 1. The molecule has 0 radical (unpaired) electrons. The van der Waals surface area contributed by atoms with E-state index >= 15 is 0 Å². The highest BCUT2D eigenvalue weighted by atomic mass is 19.1. The van der Waals surface area contributed by atoms with E-state index in [2.05, 4.69) is 10.2 Å². The first-order valence-electron chi connectivity index (χ1n) is 9.30. The average molecular weight is 366 g/mol. The molecule has 1 N–H and O–H groups in total. The highest BCUT2D eigenvalue weighted by Gasteiger charge is 2.29. The van der Waals surface area contributed by atoms with Crippen LogP contribution in [0.5, 0.6) is 5.75 Å². The Balaban J connectivity index is 1.44. The van der Waals surface area contributed by atoms with Crippen molar-refractivity contribution in [2.45, 2.75) is 31.4 Å². The summed E-state index contributed by atoms with van der Waals surface area (Å²) in [5.41, 5.74) is 0. The number of nitrogens with one attached hydrogen (secondary N) is 1. The van der Waals surface area contributed by atoms with Gasteiger partial charge in [0, 0.05) is 32.0 Å². The number of hydrogen-bond acceptors (Lipinski definition) is 5. The zero-order valence-corrected chi connectivity index (χ0v) is 15.0. The second kappa shape index (κ2) is 9.85. The normalized spacial score (nSPS) is 24.2. The van der Waals surface area contributed by atoms with Gasteiger partial charge in [-0.2, -0.15) is 0 Å². The van der Waals surface area contributed by atoms with E-state index in [9.17, 15) is 9.18 Å². The van der Waals surface area contributed by atoms with E-state index in [4.69, 9.17) is 14.2 Å². The van der Waals surface area contributed by atoms with Gasteiger partial charge in [0.1, 0.15) is 17.7 Å². The van der Waals surface area contributed by atoms with Crippen molar-refractivity contribution >= 4 is 5.91 Å². The fourth-order valence-electron chi connectivity index (χ4n) is 3.28. The molecule has 2 heterocycles. The standard InChI is InChI=1S/C19H27FN2O4/c20-15-3-1-4-16(13-15)26-18-6-10-25-14-17(18)21-19(23)5-2-7-22-8-11-24-12-9-22/h1,3-4,13,17-18H,2,5-12,14H2,(H,21,23)/t17-,18+/m1/s1. The Labute approximate surface area is 153 Å². The van der Waals surface area contributed by atoms with Crippen LogP contribution in [0.25, 0.3) is 0 Å². The molecule has 0 unspecified atom stereocenters. The molecule has 0 saturated carbocycles. The van der Waals surface area contributed by atoms with Crippen LogP contribution in [-0.2, 0) is 14.3 Å². The van der Waals surface area contributed by atoms with Crippen molar-refractivity contribution in [2.24, 2.45) is 0 Å². The lowest BCUT2D eigenvalue weighted by molar-refractivity contribution is -0.124. The average Bonchev–Trinajstić information content (AvgIpc) is 2.64. The van der Waals surface area contributed by atoms with Crippen LogP contribution < -0.4 is 10.1 Å². The molecule has 2 aliphatic heterocycles. The smallest absolute Gasteiger partial charge is 0.220 e. The molecule has 0 spiro atoms. The molecule has 3 rings (SSSR count). The van der Waals surface area contributed by atoms with Crippen molar-refractivity contribution in [2.75, 3.05) is 46.1 Å². The summed E-state index contributed by atoms with van der Waals surface area (Å²) in [6.07, 6.45) is 1.73. The van der Waals surface area contributed by atoms with Gasteiger partial charge in [-0.3, -0.25) is 9.69 Å². The predicted octanol–water partition coefficient (Wildman–Crippen LogP) is 1.59. The first-order chi connectivity index (χ1) is 12.7. The van der Waals surface area contributed by atoms with Crippen molar-refractivity contribution in [3.63, 3.8) is 0 Å². The molecule has 2 atom stereocenters. The quantitative estimate of drug-likeness (QED) is 0.794. The summed E-state index contributed by atoms with van der Waals surface area (Å²) in [6, 6.07) is 5.85. The summed E-state index contributed by atoms with van der Waals surface area (Å²) in [5, 5.41) is 3.02. The van der Waals surface area contributed by atoms with Gasteiger partial charge in [0.2, 0.25) is 5.91 Å². The first-order valence-corrected chi connectivity index (χ1v) is 9.30. The molecule has 144 valence electrons. The van der Waals surface area contributed by atoms with Crippen molar-refractivity contribution in [1.82, 2.24) is 10.2 Å². The van der Waals surface area contributed by atoms with Gasteiger partial charge in [-0.1, -0.05) is 6.07 Å². The summed E-state index contributed by atoms with van der Waals surface area (Å²) in [6.45, 7) is 5.29. The maximum absolute atomic E-state index is 13.3. The largest absolute Gasteiger partial charge is 0.488 e. The van der Waals surface area contributed by atoms with Crippen LogP contribution in [-0.4, -0.2) is 69.0 Å². The van der Waals surface area contributed by atoms with Crippen molar-refractivity contribution in [3.05, 3.63) is 30.1 Å². The molecule has 7 heteroatoms. The monoisotopic (exact) mass is 366 g/mol. The summed E-state index contributed by atoms with van der Waals surface area (Å²) < 4.78 is 30.0. The van der Waals surface area contributed by atoms with E-state index in [1.165, 1.54) is 12.1 Å². The number of amides is 1. The fraction of sp³-hybridized carbons (Fsp3) is 0.632. The number of carbonyl (C=O) groups is 1. The van der Waals surface area contributed by atoms with Crippen LogP contribution >= 0.6 is 0 Å². The zero-order valence-electron chi connectivity index (χ0n) is 15.0. The third-order valence-corrected chi connectivity index (χ3v) is 4.70. The predicted molar refractivity (Wildman–Crippen MR) is 94.7 cm³/mol. The first kappa shape index (κ1) is 19.1. The Morgan fingerprint density at radius 1 is 1.27 bits per heavy atom. The minimum Gasteiger partial charge on any atom is -0.488 e. The Morgan fingerprint density at radius 3 is 2.92 bits per heavy atom. The molecule has 1 aromatic carbocycles. The van der Waals surface area contributed by atoms with Crippen LogP contribution in [0.15, 0.2) is 24.3 Å². The van der Waals surface area contributed by atoms with Gasteiger partial charge >= 0.3 is 0 Å². The van der Waals surface area contributed by atoms with Gasteiger partial charge in [0.25, 0.3) is 0 Å². The number of hydrogen-bond donors (Lipinski definition) is 1. The highest BCUT2D eigenvalue weighted by molar-refractivity contribution is 5.76. The van der Waals surface area contributed by atoms with Gasteiger partial charge in [0.05, 0.1) is 32.5 Å². The van der Waals surface area contributed by atoms with Crippen molar-refractivity contribution in [1.29, 1.82) is 0 Å². The lowest BCUT2D eigenvalue weighted by Gasteiger charge is -2.32. The molecule has 1 aromatic rings. The number of benzene rings is 1. The number of ether oxygens (including phenoxy) is 3. The van der Waals surface area contributed by atoms with Crippen LogP contribution in [0, 0.1) is 5.82 Å². The Kier molecular flexibility index (Phi) is 7.22. The molecule has 0 aromatic heterocycles. The van der Waals surface area contributed by atoms with Crippen molar-refractivity contribution < 1.29 is 23.4 Å². The minimum atomic E-state index is -0.335. The molecule has 2 fully saturated rings. The molecule has 2 saturated heterocycles. The van der Waals surface area contributed by atoms with Crippen LogP contribution in [0.4, 0.5) is 4.39 Å². The van der Waals surface area contributed by atoms with Crippen LogP contribution in [0.3, 0.4) is 0 Å².